The van der Waals surface area contributed by atoms with Crippen molar-refractivity contribution < 1.29 is 0 Å². The Morgan fingerprint density at radius 1 is 1.36 bits per heavy atom. The lowest BCUT2D eigenvalue weighted by Gasteiger charge is -2.29. The Kier molecular flexibility index (Phi) is 3.06. The van der Waals surface area contributed by atoms with Crippen molar-refractivity contribution in [2.75, 3.05) is 13.1 Å². The number of nitrogens with zero attached hydrogens (tertiary/aromatic N) is 3. The van der Waals surface area contributed by atoms with Crippen LogP contribution in [0.5, 0.6) is 0 Å². The van der Waals surface area contributed by atoms with Gasteiger partial charge in [-0.25, -0.2) is 0 Å². The van der Waals surface area contributed by atoms with Crippen LogP contribution in [0.3, 0.4) is 0 Å². The number of aromatic nitrogens is 2. The van der Waals surface area contributed by atoms with Crippen molar-refractivity contribution in [3.8, 4) is 0 Å². The molecule has 0 radical (unpaired) electrons. The molecule has 2 N–H and O–H groups in total. The van der Waals surface area contributed by atoms with E-state index in [0.717, 1.165) is 32.5 Å². The fourth-order valence-corrected chi connectivity index (χ4v) is 1.78. The zero-order chi connectivity index (χ0) is 9.80. The van der Waals surface area contributed by atoms with Gasteiger partial charge in [-0.05, 0) is 37.6 Å². The second-order valence-corrected chi connectivity index (χ2v) is 3.86. The number of hydrogen-bond donors (Lipinski definition) is 1. The summed E-state index contributed by atoms with van der Waals surface area (Å²) in [6, 6.07) is 2.42. The van der Waals surface area contributed by atoms with Gasteiger partial charge in [-0.2, -0.15) is 10.2 Å². The summed E-state index contributed by atoms with van der Waals surface area (Å²) < 4.78 is 0. The Balaban J connectivity index is 1.87. The van der Waals surface area contributed by atoms with Crippen molar-refractivity contribution in [2.45, 2.75) is 25.4 Å². The van der Waals surface area contributed by atoms with E-state index < -0.39 is 0 Å². The van der Waals surface area contributed by atoms with Crippen LogP contribution >= 0.6 is 0 Å². The fourth-order valence-electron chi connectivity index (χ4n) is 1.78. The largest absolute Gasteiger partial charge is 0.328 e. The third kappa shape index (κ3) is 2.49. The highest BCUT2D eigenvalue weighted by atomic mass is 15.1. The molecule has 0 aromatic carbocycles. The Bertz CT molecular complexity index is 267. The molecule has 1 aromatic rings. The van der Waals surface area contributed by atoms with E-state index in [-0.39, 0.29) is 0 Å². The zero-order valence-electron chi connectivity index (χ0n) is 8.26. The maximum absolute atomic E-state index is 5.84. The van der Waals surface area contributed by atoms with Gasteiger partial charge in [0, 0.05) is 18.8 Å². The second-order valence-electron chi connectivity index (χ2n) is 3.86. The van der Waals surface area contributed by atoms with E-state index >= 15 is 0 Å². The Hall–Kier alpha value is -1.00. The average Bonchev–Trinajstić information content (AvgIpc) is 2.23. The van der Waals surface area contributed by atoms with Crippen LogP contribution < -0.4 is 5.73 Å². The molecule has 1 aromatic heterocycles. The molecule has 1 fully saturated rings. The first-order valence-electron chi connectivity index (χ1n) is 5.08. The summed E-state index contributed by atoms with van der Waals surface area (Å²) in [5.41, 5.74) is 7.07. The van der Waals surface area contributed by atoms with Crippen molar-refractivity contribution in [3.63, 3.8) is 0 Å². The van der Waals surface area contributed by atoms with Gasteiger partial charge in [0.15, 0.2) is 0 Å². The molecule has 4 nitrogen and oxygen atoms in total. The van der Waals surface area contributed by atoms with Crippen molar-refractivity contribution in [2.24, 2.45) is 5.73 Å². The Morgan fingerprint density at radius 3 is 2.79 bits per heavy atom. The highest BCUT2D eigenvalue weighted by molar-refractivity contribution is 5.05. The molecule has 0 bridgehead atoms. The second kappa shape index (κ2) is 4.48. The van der Waals surface area contributed by atoms with Gasteiger partial charge >= 0.3 is 0 Å². The molecule has 1 aliphatic heterocycles. The maximum atomic E-state index is 5.84. The number of likely N-dealkylation sites (tertiary alicyclic amines) is 1. The van der Waals surface area contributed by atoms with Gasteiger partial charge in [0.05, 0.1) is 6.20 Å². The first-order valence-corrected chi connectivity index (χ1v) is 5.08. The van der Waals surface area contributed by atoms with Gasteiger partial charge in [-0.3, -0.25) is 4.90 Å². The molecule has 0 aliphatic carbocycles. The summed E-state index contributed by atoms with van der Waals surface area (Å²) in [5.74, 6) is 0. The molecule has 0 saturated carbocycles. The van der Waals surface area contributed by atoms with Gasteiger partial charge in [0.1, 0.15) is 0 Å². The third-order valence-corrected chi connectivity index (χ3v) is 2.68. The number of nitrogens with two attached hydrogens (primary N) is 1. The predicted molar refractivity (Wildman–Crippen MR) is 54.5 cm³/mol. The Labute approximate surface area is 84.1 Å². The van der Waals surface area contributed by atoms with Crippen LogP contribution in [0, 0.1) is 0 Å². The molecule has 1 saturated heterocycles. The third-order valence-electron chi connectivity index (χ3n) is 2.68. The van der Waals surface area contributed by atoms with Gasteiger partial charge in [-0.15, -0.1) is 0 Å². The van der Waals surface area contributed by atoms with E-state index in [2.05, 4.69) is 15.1 Å². The van der Waals surface area contributed by atoms with Gasteiger partial charge in [0.2, 0.25) is 0 Å². The predicted octanol–water partition coefficient (Wildman–Crippen LogP) is 0.400. The van der Waals surface area contributed by atoms with Gasteiger partial charge in [0.25, 0.3) is 0 Å². The lowest BCUT2D eigenvalue weighted by molar-refractivity contribution is 0.205. The molecular weight excluding hydrogens is 176 g/mol. The SMILES string of the molecule is NC1CCN(Cc2ccnnc2)CC1. The fraction of sp³-hybridized carbons (Fsp3) is 0.600. The number of hydrogen-bond acceptors (Lipinski definition) is 4. The Morgan fingerprint density at radius 2 is 2.14 bits per heavy atom. The maximum Gasteiger partial charge on any atom is 0.0541 e. The normalized spacial score (nSPS) is 19.8. The van der Waals surface area contributed by atoms with Crippen molar-refractivity contribution in [1.82, 2.24) is 15.1 Å². The van der Waals surface area contributed by atoms with E-state index in [1.165, 1.54) is 5.56 Å². The number of piperidine rings is 1. The van der Waals surface area contributed by atoms with Crippen molar-refractivity contribution in [3.05, 3.63) is 24.0 Å². The van der Waals surface area contributed by atoms with Crippen LogP contribution in [0.25, 0.3) is 0 Å². The van der Waals surface area contributed by atoms with Crippen molar-refractivity contribution in [1.29, 1.82) is 0 Å². The summed E-state index contributed by atoms with van der Waals surface area (Å²) in [6.07, 6.45) is 5.79. The molecule has 0 atom stereocenters. The smallest absolute Gasteiger partial charge is 0.0541 e. The standard InChI is InChI=1S/C10H16N4/c11-10-2-5-14(6-3-10)8-9-1-4-12-13-7-9/h1,4,7,10H,2-3,5-6,8,11H2. The molecule has 2 rings (SSSR count). The summed E-state index contributed by atoms with van der Waals surface area (Å²) >= 11 is 0. The molecule has 1 aliphatic rings. The minimum atomic E-state index is 0.404. The van der Waals surface area contributed by atoms with E-state index in [0.29, 0.717) is 6.04 Å². The average molecular weight is 192 g/mol. The number of rotatable bonds is 2. The zero-order valence-corrected chi connectivity index (χ0v) is 8.26. The molecular formula is C10H16N4. The first-order chi connectivity index (χ1) is 6.84. The summed E-state index contributed by atoms with van der Waals surface area (Å²) in [4.78, 5) is 2.42. The minimum absolute atomic E-state index is 0.404. The highest BCUT2D eigenvalue weighted by Crippen LogP contribution is 2.11. The van der Waals surface area contributed by atoms with Gasteiger partial charge in [-0.1, -0.05) is 0 Å². The lowest BCUT2D eigenvalue weighted by atomic mass is 10.1. The quantitative estimate of drug-likeness (QED) is 0.737. The molecule has 4 heteroatoms. The van der Waals surface area contributed by atoms with Crippen LogP contribution in [0.1, 0.15) is 18.4 Å². The molecule has 0 amide bonds. The molecule has 14 heavy (non-hydrogen) atoms. The van der Waals surface area contributed by atoms with Crippen LogP contribution in [0.15, 0.2) is 18.5 Å². The van der Waals surface area contributed by atoms with Crippen molar-refractivity contribution >= 4 is 0 Å². The van der Waals surface area contributed by atoms with E-state index in [1.54, 1.807) is 6.20 Å². The minimum Gasteiger partial charge on any atom is -0.328 e. The van der Waals surface area contributed by atoms with E-state index in [1.807, 2.05) is 12.3 Å². The molecule has 0 unspecified atom stereocenters. The molecule has 0 spiro atoms. The monoisotopic (exact) mass is 192 g/mol. The van der Waals surface area contributed by atoms with E-state index in [9.17, 15) is 0 Å². The first kappa shape index (κ1) is 9.55. The van der Waals surface area contributed by atoms with Crippen LogP contribution in [0.4, 0.5) is 0 Å². The highest BCUT2D eigenvalue weighted by Gasteiger charge is 2.15. The van der Waals surface area contributed by atoms with Crippen LogP contribution in [-0.4, -0.2) is 34.2 Å². The van der Waals surface area contributed by atoms with E-state index in [4.69, 9.17) is 5.73 Å². The lowest BCUT2D eigenvalue weighted by Crippen LogP contribution is -2.39. The van der Waals surface area contributed by atoms with Gasteiger partial charge < -0.3 is 5.73 Å². The molecule has 76 valence electrons. The van der Waals surface area contributed by atoms with Crippen LogP contribution in [-0.2, 0) is 6.54 Å². The summed E-state index contributed by atoms with van der Waals surface area (Å²) in [7, 11) is 0. The summed E-state index contributed by atoms with van der Waals surface area (Å²) in [5, 5.41) is 7.63. The summed E-state index contributed by atoms with van der Waals surface area (Å²) in [6.45, 7) is 3.18. The van der Waals surface area contributed by atoms with Crippen LogP contribution in [0.2, 0.25) is 0 Å². The molecule has 2 heterocycles. The topological polar surface area (TPSA) is 55.0 Å².